The molecule has 2 saturated heterocycles. The predicted molar refractivity (Wildman–Crippen MR) is 63.6 cm³/mol. The van der Waals surface area contributed by atoms with Crippen molar-refractivity contribution >= 4 is 30.1 Å². The summed E-state index contributed by atoms with van der Waals surface area (Å²) in [7, 11) is 0. The number of aliphatic hydroxyl groups excluding tert-OH is 1. The molecule has 88 valence electrons. The number of halogens is 1. The van der Waals surface area contributed by atoms with Crippen LogP contribution in [0.4, 0.5) is 0 Å². The number of nitrogens with zero attached hydrogens (tertiary/aromatic N) is 1. The van der Waals surface area contributed by atoms with Gasteiger partial charge in [0, 0.05) is 31.1 Å². The zero-order valence-corrected chi connectivity index (χ0v) is 10.1. The van der Waals surface area contributed by atoms with Crippen molar-refractivity contribution in [2.75, 3.05) is 31.1 Å². The van der Waals surface area contributed by atoms with Gasteiger partial charge >= 0.3 is 0 Å². The van der Waals surface area contributed by atoms with E-state index in [1.165, 1.54) is 0 Å². The summed E-state index contributed by atoms with van der Waals surface area (Å²) < 4.78 is 0. The molecule has 15 heavy (non-hydrogen) atoms. The Morgan fingerprint density at radius 2 is 2.07 bits per heavy atom. The minimum absolute atomic E-state index is 0. The standard InChI is InChI=1S/C9H16N2O2S.ClH/c12-7-5-8(10-6-7)9(13)11-1-3-14-4-2-11;/h7-8,10,12H,1-6H2;1H/t7-,8-;/m1./s1. The molecule has 2 atom stereocenters. The lowest BCUT2D eigenvalue weighted by atomic mass is 10.2. The van der Waals surface area contributed by atoms with Gasteiger partial charge in [-0.3, -0.25) is 4.79 Å². The first-order valence-corrected chi connectivity index (χ1v) is 6.21. The Kier molecular flexibility index (Phi) is 5.18. The highest BCUT2D eigenvalue weighted by Gasteiger charge is 2.31. The topological polar surface area (TPSA) is 52.6 Å². The summed E-state index contributed by atoms with van der Waals surface area (Å²) >= 11 is 1.90. The predicted octanol–water partition coefficient (Wildman–Crippen LogP) is -0.294. The van der Waals surface area contributed by atoms with Gasteiger partial charge in [0.2, 0.25) is 5.91 Å². The van der Waals surface area contributed by atoms with Gasteiger partial charge in [0.1, 0.15) is 0 Å². The van der Waals surface area contributed by atoms with Crippen LogP contribution in [0.2, 0.25) is 0 Å². The number of hydrogen-bond acceptors (Lipinski definition) is 4. The summed E-state index contributed by atoms with van der Waals surface area (Å²) in [6.07, 6.45) is 0.228. The van der Waals surface area contributed by atoms with Gasteiger partial charge in [-0.2, -0.15) is 11.8 Å². The molecule has 1 amide bonds. The van der Waals surface area contributed by atoms with Crippen molar-refractivity contribution in [2.45, 2.75) is 18.6 Å². The first kappa shape index (κ1) is 13.1. The van der Waals surface area contributed by atoms with E-state index in [4.69, 9.17) is 0 Å². The molecule has 0 aliphatic carbocycles. The molecular weight excluding hydrogens is 236 g/mol. The number of thioether (sulfide) groups is 1. The molecule has 0 saturated carbocycles. The highest BCUT2D eigenvalue weighted by atomic mass is 35.5. The number of amides is 1. The van der Waals surface area contributed by atoms with Crippen LogP contribution in [-0.4, -0.2) is 59.2 Å². The van der Waals surface area contributed by atoms with E-state index in [2.05, 4.69) is 5.32 Å². The van der Waals surface area contributed by atoms with E-state index in [0.717, 1.165) is 24.6 Å². The van der Waals surface area contributed by atoms with Crippen LogP contribution in [0.25, 0.3) is 0 Å². The van der Waals surface area contributed by atoms with Crippen LogP contribution in [0, 0.1) is 0 Å². The second kappa shape index (κ2) is 5.94. The number of carbonyl (C=O) groups is 1. The molecule has 0 bridgehead atoms. The molecule has 4 nitrogen and oxygen atoms in total. The quantitative estimate of drug-likeness (QED) is 0.673. The van der Waals surface area contributed by atoms with Crippen molar-refractivity contribution in [2.24, 2.45) is 0 Å². The molecule has 0 unspecified atom stereocenters. The molecule has 2 aliphatic rings. The number of β-amino-alcohol motifs (C(OH)–C–C–N with tert-alkyl or cyclic N) is 1. The average Bonchev–Trinajstić information content (AvgIpc) is 2.65. The van der Waals surface area contributed by atoms with Gasteiger partial charge in [0.05, 0.1) is 12.1 Å². The molecule has 0 aromatic heterocycles. The van der Waals surface area contributed by atoms with Gasteiger partial charge in [-0.1, -0.05) is 0 Å². The van der Waals surface area contributed by atoms with Crippen LogP contribution < -0.4 is 5.32 Å². The maximum absolute atomic E-state index is 11.9. The fraction of sp³-hybridized carbons (Fsp3) is 0.889. The lowest BCUT2D eigenvalue weighted by Crippen LogP contribution is -2.46. The lowest BCUT2D eigenvalue weighted by molar-refractivity contribution is -0.132. The first-order valence-electron chi connectivity index (χ1n) is 5.05. The van der Waals surface area contributed by atoms with E-state index in [0.29, 0.717) is 13.0 Å². The second-order valence-corrected chi connectivity index (χ2v) is 5.01. The van der Waals surface area contributed by atoms with Gasteiger partial charge in [-0.25, -0.2) is 0 Å². The first-order chi connectivity index (χ1) is 6.77. The monoisotopic (exact) mass is 252 g/mol. The Bertz CT molecular complexity index is 217. The normalized spacial score (nSPS) is 31.1. The fourth-order valence-electron chi connectivity index (χ4n) is 1.91. The Morgan fingerprint density at radius 3 is 2.60 bits per heavy atom. The van der Waals surface area contributed by atoms with Crippen molar-refractivity contribution in [3.63, 3.8) is 0 Å². The Labute approximate surface area is 100 Å². The Morgan fingerprint density at radius 1 is 1.40 bits per heavy atom. The van der Waals surface area contributed by atoms with Crippen LogP contribution in [0.15, 0.2) is 0 Å². The zero-order chi connectivity index (χ0) is 9.97. The highest BCUT2D eigenvalue weighted by molar-refractivity contribution is 7.99. The number of aliphatic hydroxyl groups is 1. The third-order valence-electron chi connectivity index (χ3n) is 2.73. The molecule has 0 spiro atoms. The van der Waals surface area contributed by atoms with Gasteiger partial charge < -0.3 is 15.3 Å². The summed E-state index contributed by atoms with van der Waals surface area (Å²) in [6.45, 7) is 2.27. The van der Waals surface area contributed by atoms with Crippen LogP contribution in [0.5, 0.6) is 0 Å². The minimum Gasteiger partial charge on any atom is -0.392 e. The molecule has 0 aromatic rings. The van der Waals surface area contributed by atoms with E-state index >= 15 is 0 Å². The molecule has 0 aromatic carbocycles. The van der Waals surface area contributed by atoms with Gasteiger partial charge in [-0.15, -0.1) is 12.4 Å². The third kappa shape index (κ3) is 3.24. The number of nitrogens with one attached hydrogen (secondary N) is 1. The summed E-state index contributed by atoms with van der Waals surface area (Å²) in [5, 5.41) is 12.4. The van der Waals surface area contributed by atoms with Crippen molar-refractivity contribution in [3.05, 3.63) is 0 Å². The van der Waals surface area contributed by atoms with E-state index in [1.54, 1.807) is 0 Å². The van der Waals surface area contributed by atoms with Crippen molar-refractivity contribution in [1.82, 2.24) is 10.2 Å². The van der Waals surface area contributed by atoms with Crippen LogP contribution >= 0.6 is 24.2 Å². The fourth-order valence-corrected chi connectivity index (χ4v) is 2.81. The highest BCUT2D eigenvalue weighted by Crippen LogP contribution is 2.14. The second-order valence-electron chi connectivity index (χ2n) is 3.79. The summed E-state index contributed by atoms with van der Waals surface area (Å²) in [4.78, 5) is 13.8. The Hall–Kier alpha value is 0.0300. The van der Waals surface area contributed by atoms with Crippen LogP contribution in [-0.2, 0) is 4.79 Å². The number of carbonyl (C=O) groups excluding carboxylic acids is 1. The average molecular weight is 253 g/mol. The molecule has 2 heterocycles. The van der Waals surface area contributed by atoms with E-state index in [-0.39, 0.29) is 30.5 Å². The molecular formula is C9H17ClN2O2S. The Balaban J connectivity index is 0.00000112. The smallest absolute Gasteiger partial charge is 0.239 e. The maximum Gasteiger partial charge on any atom is 0.239 e. The van der Waals surface area contributed by atoms with Gasteiger partial charge in [-0.05, 0) is 6.42 Å². The van der Waals surface area contributed by atoms with Gasteiger partial charge in [0.15, 0.2) is 0 Å². The maximum atomic E-state index is 11.9. The van der Waals surface area contributed by atoms with Crippen molar-refractivity contribution < 1.29 is 9.90 Å². The van der Waals surface area contributed by atoms with Crippen molar-refractivity contribution in [1.29, 1.82) is 0 Å². The van der Waals surface area contributed by atoms with Crippen molar-refractivity contribution in [3.8, 4) is 0 Å². The molecule has 6 heteroatoms. The van der Waals surface area contributed by atoms with Crippen LogP contribution in [0.1, 0.15) is 6.42 Å². The van der Waals surface area contributed by atoms with E-state index in [9.17, 15) is 9.90 Å². The summed E-state index contributed by atoms with van der Waals surface area (Å²) in [5.41, 5.74) is 0. The van der Waals surface area contributed by atoms with E-state index < -0.39 is 0 Å². The summed E-state index contributed by atoms with van der Waals surface area (Å²) in [5.74, 6) is 2.25. The number of hydrogen-bond donors (Lipinski definition) is 2. The lowest BCUT2D eigenvalue weighted by Gasteiger charge is -2.28. The van der Waals surface area contributed by atoms with Gasteiger partial charge in [0.25, 0.3) is 0 Å². The SMILES string of the molecule is Cl.O=C([C@H]1C[C@@H](O)CN1)N1CCSCC1. The molecule has 2 rings (SSSR count). The zero-order valence-electron chi connectivity index (χ0n) is 8.52. The van der Waals surface area contributed by atoms with Crippen LogP contribution in [0.3, 0.4) is 0 Å². The summed E-state index contributed by atoms with van der Waals surface area (Å²) in [6, 6.07) is -0.145. The largest absolute Gasteiger partial charge is 0.392 e. The molecule has 2 N–H and O–H groups in total. The molecule has 0 radical (unpaired) electrons. The minimum atomic E-state index is -0.344. The molecule has 2 aliphatic heterocycles. The third-order valence-corrected chi connectivity index (χ3v) is 3.67. The van der Waals surface area contributed by atoms with E-state index in [1.807, 2.05) is 16.7 Å². The number of rotatable bonds is 1. The molecule has 2 fully saturated rings.